The van der Waals surface area contributed by atoms with Gasteiger partial charge in [-0.2, -0.15) is 26.3 Å². The maximum Gasteiger partial charge on any atom is 0.310 e. The molecule has 0 amide bonds. The van der Waals surface area contributed by atoms with Crippen LogP contribution in [0.3, 0.4) is 0 Å². The third kappa shape index (κ3) is 4.98. The van der Waals surface area contributed by atoms with Crippen LogP contribution in [0, 0.1) is 6.92 Å². The molecule has 2 aromatic heterocycles. The molecule has 3 rings (SSSR count). The van der Waals surface area contributed by atoms with Crippen molar-refractivity contribution >= 4 is 34.9 Å². The summed E-state index contributed by atoms with van der Waals surface area (Å²) in [6.07, 6.45) is 0.221. The van der Waals surface area contributed by atoms with Crippen molar-refractivity contribution in [3.05, 3.63) is 58.0 Å². The Morgan fingerprint density at radius 1 is 1.20 bits per heavy atom. The molecule has 1 aromatic carbocycles. The molecule has 0 fully saturated rings. The molecule has 0 aliphatic carbocycles. The molecule has 2 heterocycles. The third-order valence-electron chi connectivity index (χ3n) is 3.30. The summed E-state index contributed by atoms with van der Waals surface area (Å²) in [6.45, 7) is 1.95. The Balaban J connectivity index is 1.62. The molecule has 0 aliphatic heterocycles. The Morgan fingerprint density at radius 2 is 2.00 bits per heavy atom. The first kappa shape index (κ1) is 16.8. The summed E-state index contributed by atoms with van der Waals surface area (Å²) >= 11 is 1.54. The van der Waals surface area contributed by atoms with E-state index in [9.17, 15) is 4.79 Å². The standard InChI is InChI=1S/C17H17N5O2S/c1-11-2-4-13(5-3-11)19-17-21-14(20-16(18)22-17)9-24-15(23)8-12-6-7-25-10-12/h2-7,10H,8-9H2,1H3,(H3,18,19,20,21,22). The Hall–Kier alpha value is -3.00. The van der Waals surface area contributed by atoms with Gasteiger partial charge in [-0.25, -0.2) is 0 Å². The number of esters is 1. The van der Waals surface area contributed by atoms with E-state index in [4.69, 9.17) is 10.5 Å². The number of hydrogen-bond donors (Lipinski definition) is 2. The van der Waals surface area contributed by atoms with Crippen LogP contribution in [-0.2, 0) is 22.6 Å². The second-order valence-corrected chi connectivity index (χ2v) is 6.17. The van der Waals surface area contributed by atoms with E-state index in [0.717, 1.165) is 16.8 Å². The summed E-state index contributed by atoms with van der Waals surface area (Å²) < 4.78 is 5.21. The number of ether oxygens (including phenoxy) is 1. The Morgan fingerprint density at radius 3 is 2.72 bits per heavy atom. The molecule has 3 N–H and O–H groups in total. The monoisotopic (exact) mass is 355 g/mol. The number of nitrogen functional groups attached to an aromatic ring is 1. The lowest BCUT2D eigenvalue weighted by Crippen LogP contribution is -2.12. The second-order valence-electron chi connectivity index (χ2n) is 5.39. The van der Waals surface area contributed by atoms with Crippen molar-refractivity contribution in [2.24, 2.45) is 0 Å². The van der Waals surface area contributed by atoms with E-state index in [2.05, 4.69) is 20.3 Å². The van der Waals surface area contributed by atoms with Crippen molar-refractivity contribution in [1.82, 2.24) is 15.0 Å². The van der Waals surface area contributed by atoms with Crippen LogP contribution >= 0.6 is 11.3 Å². The topological polar surface area (TPSA) is 103 Å². The summed E-state index contributed by atoms with van der Waals surface area (Å²) in [5, 5.41) is 6.88. The van der Waals surface area contributed by atoms with E-state index >= 15 is 0 Å². The minimum Gasteiger partial charge on any atom is -0.457 e. The lowest BCUT2D eigenvalue weighted by Gasteiger charge is -2.08. The van der Waals surface area contributed by atoms with Crippen molar-refractivity contribution in [2.75, 3.05) is 11.1 Å². The second kappa shape index (κ2) is 7.71. The fraction of sp³-hybridized carbons (Fsp3) is 0.176. The van der Waals surface area contributed by atoms with Gasteiger partial charge in [0.05, 0.1) is 6.42 Å². The molecule has 0 spiro atoms. The Bertz CT molecular complexity index is 850. The van der Waals surface area contributed by atoms with Crippen molar-refractivity contribution in [3.63, 3.8) is 0 Å². The van der Waals surface area contributed by atoms with Gasteiger partial charge >= 0.3 is 5.97 Å². The Labute approximate surface area is 148 Å². The number of nitrogens with two attached hydrogens (primary N) is 1. The van der Waals surface area contributed by atoms with Gasteiger partial charge < -0.3 is 15.8 Å². The smallest absolute Gasteiger partial charge is 0.310 e. The number of carbonyl (C=O) groups excluding carboxylic acids is 1. The predicted molar refractivity (Wildman–Crippen MR) is 96.5 cm³/mol. The first-order chi connectivity index (χ1) is 12.1. The molecule has 0 atom stereocenters. The van der Waals surface area contributed by atoms with E-state index in [1.54, 1.807) is 0 Å². The minimum atomic E-state index is -0.342. The van der Waals surface area contributed by atoms with Crippen molar-refractivity contribution < 1.29 is 9.53 Å². The molecule has 3 aromatic rings. The summed E-state index contributed by atoms with van der Waals surface area (Å²) in [5.74, 6) is 0.319. The summed E-state index contributed by atoms with van der Waals surface area (Å²) in [5.41, 5.74) is 8.62. The SMILES string of the molecule is Cc1ccc(Nc2nc(N)nc(COC(=O)Cc3ccsc3)n2)cc1. The molecule has 25 heavy (non-hydrogen) atoms. The van der Waals surface area contributed by atoms with Gasteiger partial charge in [0.1, 0.15) is 0 Å². The number of aromatic nitrogens is 3. The number of benzene rings is 1. The molecule has 0 saturated carbocycles. The van der Waals surface area contributed by atoms with Crippen molar-refractivity contribution in [2.45, 2.75) is 20.0 Å². The van der Waals surface area contributed by atoms with Crippen LogP contribution in [0.4, 0.5) is 17.6 Å². The number of rotatable bonds is 6. The van der Waals surface area contributed by atoms with Crippen molar-refractivity contribution in [3.8, 4) is 0 Å². The first-order valence-corrected chi connectivity index (χ1v) is 8.53. The van der Waals surface area contributed by atoms with E-state index in [-0.39, 0.29) is 24.9 Å². The quantitative estimate of drug-likeness (QED) is 0.655. The normalized spacial score (nSPS) is 10.4. The van der Waals surface area contributed by atoms with Gasteiger partial charge in [0.25, 0.3) is 0 Å². The van der Waals surface area contributed by atoms with Crippen LogP contribution in [0.25, 0.3) is 0 Å². The number of nitrogens with zero attached hydrogens (tertiary/aromatic N) is 3. The first-order valence-electron chi connectivity index (χ1n) is 7.59. The van der Waals surface area contributed by atoms with E-state index < -0.39 is 0 Å². The molecule has 128 valence electrons. The molecule has 0 bridgehead atoms. The number of thiophene rings is 1. The van der Waals surface area contributed by atoms with Crippen LogP contribution in [-0.4, -0.2) is 20.9 Å². The van der Waals surface area contributed by atoms with Crippen LogP contribution in [0.15, 0.2) is 41.1 Å². The third-order valence-corrected chi connectivity index (χ3v) is 4.03. The zero-order chi connectivity index (χ0) is 17.6. The summed E-state index contributed by atoms with van der Waals surface area (Å²) in [7, 11) is 0. The highest BCUT2D eigenvalue weighted by Gasteiger charge is 2.09. The highest BCUT2D eigenvalue weighted by molar-refractivity contribution is 7.07. The molecule has 0 unspecified atom stereocenters. The number of hydrogen-bond acceptors (Lipinski definition) is 8. The average Bonchev–Trinajstić information content (AvgIpc) is 3.08. The number of anilines is 3. The van der Waals surface area contributed by atoms with Crippen LogP contribution in [0.1, 0.15) is 17.0 Å². The number of carbonyl (C=O) groups is 1. The molecule has 7 nitrogen and oxygen atoms in total. The zero-order valence-corrected chi connectivity index (χ0v) is 14.4. The van der Waals surface area contributed by atoms with Crippen LogP contribution < -0.4 is 11.1 Å². The molecule has 0 radical (unpaired) electrons. The maximum atomic E-state index is 11.8. The van der Waals surface area contributed by atoms with Gasteiger partial charge in [0, 0.05) is 5.69 Å². The van der Waals surface area contributed by atoms with Crippen molar-refractivity contribution in [1.29, 1.82) is 0 Å². The van der Waals surface area contributed by atoms with Gasteiger partial charge in [0.2, 0.25) is 11.9 Å². The van der Waals surface area contributed by atoms with E-state index in [0.29, 0.717) is 11.8 Å². The van der Waals surface area contributed by atoms with Gasteiger partial charge in [-0.3, -0.25) is 4.79 Å². The number of nitrogens with one attached hydrogen (secondary N) is 1. The Kier molecular flexibility index (Phi) is 5.20. The summed E-state index contributed by atoms with van der Waals surface area (Å²) in [4.78, 5) is 24.1. The predicted octanol–water partition coefficient (Wildman–Crippen LogP) is 2.85. The molecule has 0 saturated heterocycles. The molecular weight excluding hydrogens is 338 g/mol. The molecule has 8 heteroatoms. The van der Waals surface area contributed by atoms with E-state index in [1.807, 2.05) is 48.0 Å². The zero-order valence-electron chi connectivity index (χ0n) is 13.6. The molecular formula is C17H17N5O2S. The lowest BCUT2D eigenvalue weighted by molar-refractivity contribution is -0.144. The largest absolute Gasteiger partial charge is 0.457 e. The fourth-order valence-corrected chi connectivity index (χ4v) is 2.75. The van der Waals surface area contributed by atoms with Gasteiger partial charge in [-0.1, -0.05) is 17.7 Å². The lowest BCUT2D eigenvalue weighted by atomic mass is 10.2. The van der Waals surface area contributed by atoms with Gasteiger partial charge in [-0.05, 0) is 41.4 Å². The van der Waals surface area contributed by atoms with Gasteiger partial charge in [-0.15, -0.1) is 0 Å². The minimum absolute atomic E-state index is 0.0573. The fourth-order valence-electron chi connectivity index (χ4n) is 2.08. The highest BCUT2D eigenvalue weighted by atomic mass is 32.1. The number of aryl methyl sites for hydroxylation is 1. The maximum absolute atomic E-state index is 11.8. The van der Waals surface area contributed by atoms with Crippen LogP contribution in [0.5, 0.6) is 0 Å². The molecule has 0 aliphatic rings. The van der Waals surface area contributed by atoms with Crippen LogP contribution in [0.2, 0.25) is 0 Å². The average molecular weight is 355 g/mol. The summed E-state index contributed by atoms with van der Waals surface area (Å²) in [6, 6.07) is 9.65. The van der Waals surface area contributed by atoms with E-state index in [1.165, 1.54) is 11.3 Å². The van der Waals surface area contributed by atoms with Gasteiger partial charge in [0.15, 0.2) is 12.4 Å². The highest BCUT2D eigenvalue weighted by Crippen LogP contribution is 2.14.